The molecule has 1 unspecified atom stereocenters. The normalized spacial score (nSPS) is 33.8. The van der Waals surface area contributed by atoms with E-state index in [0.717, 1.165) is 50.6 Å². The number of anilines is 1. The van der Waals surface area contributed by atoms with Crippen LogP contribution >= 0.6 is 23.2 Å². The van der Waals surface area contributed by atoms with Crippen molar-refractivity contribution in [3.63, 3.8) is 0 Å². The number of aliphatic carboxylic acids is 1. The van der Waals surface area contributed by atoms with Gasteiger partial charge < -0.3 is 10.0 Å². The molecule has 3 fully saturated rings. The fourth-order valence-electron chi connectivity index (χ4n) is 9.27. The minimum atomic E-state index is -0.950. The number of alkyl halides is 2. The van der Waals surface area contributed by atoms with Crippen molar-refractivity contribution in [3.05, 3.63) is 41.5 Å². The van der Waals surface area contributed by atoms with E-state index in [1.165, 1.54) is 5.57 Å². The maximum Gasteiger partial charge on any atom is 0.311 e. The number of hydrogen-bond donors (Lipinski definition) is 1. The first-order chi connectivity index (χ1) is 19.1. The second kappa shape index (κ2) is 11.8. The van der Waals surface area contributed by atoms with Gasteiger partial charge in [0.05, 0.1) is 5.92 Å². The van der Waals surface area contributed by atoms with Gasteiger partial charge in [0.1, 0.15) is 5.78 Å². The number of benzene rings is 1. The monoisotopic (exact) mass is 587 g/mol. The van der Waals surface area contributed by atoms with E-state index in [0.29, 0.717) is 54.6 Å². The molecule has 40 heavy (non-hydrogen) atoms. The van der Waals surface area contributed by atoms with E-state index in [1.807, 2.05) is 30.3 Å². The molecule has 7 atom stereocenters. The highest BCUT2D eigenvalue weighted by Crippen LogP contribution is 2.66. The Hall–Kier alpha value is -1.85. The fourth-order valence-corrected chi connectivity index (χ4v) is 9.68. The predicted octanol–water partition coefficient (Wildman–Crippen LogP) is 7.25. The summed E-state index contributed by atoms with van der Waals surface area (Å²) in [6.07, 6.45) is 9.71. The number of hydrogen-bond acceptors (Lipinski definition) is 4. The Balaban J connectivity index is 1.30. The number of carbonyl (C=O) groups excluding carboxylic acids is 2. The van der Waals surface area contributed by atoms with Crippen molar-refractivity contribution < 1.29 is 19.5 Å². The van der Waals surface area contributed by atoms with Gasteiger partial charge in [0.15, 0.2) is 5.78 Å². The van der Waals surface area contributed by atoms with Crippen molar-refractivity contribution in [1.29, 1.82) is 0 Å². The molecule has 4 aliphatic carbocycles. The summed E-state index contributed by atoms with van der Waals surface area (Å²) in [4.78, 5) is 40.5. The Kier molecular flexibility index (Phi) is 8.74. The van der Waals surface area contributed by atoms with Crippen LogP contribution in [0.3, 0.4) is 0 Å². The lowest BCUT2D eigenvalue weighted by atomic mass is 9.46. The summed E-state index contributed by atoms with van der Waals surface area (Å²) in [6, 6.07) is 7.50. The third-order valence-corrected chi connectivity index (χ3v) is 11.8. The Morgan fingerprint density at radius 3 is 2.33 bits per heavy atom. The third-order valence-electron chi connectivity index (χ3n) is 11.4. The van der Waals surface area contributed by atoms with Crippen LogP contribution in [-0.2, 0) is 14.4 Å². The van der Waals surface area contributed by atoms with Gasteiger partial charge in [0, 0.05) is 49.3 Å². The number of rotatable bonds is 10. The number of nitrogens with zero attached hydrogens (tertiary/aromatic N) is 1. The predicted molar refractivity (Wildman–Crippen MR) is 160 cm³/mol. The maximum atomic E-state index is 13.9. The number of carboxylic acid groups (broad SMARTS) is 1. The van der Waals surface area contributed by atoms with Gasteiger partial charge in [-0.15, -0.1) is 23.2 Å². The molecule has 1 aromatic carbocycles. The van der Waals surface area contributed by atoms with E-state index in [1.54, 1.807) is 0 Å². The maximum absolute atomic E-state index is 13.9. The van der Waals surface area contributed by atoms with Crippen LogP contribution in [0, 0.1) is 34.5 Å². The van der Waals surface area contributed by atoms with Crippen molar-refractivity contribution in [1.82, 2.24) is 0 Å². The SMILES string of the molecule is C[C@]12CC[C@H]3[C@@H](CCC4=CC(=O)CC[C@@]43C)[C@@H]1CC[C@@H]2C(=O)CC(C(=O)O)c1ccc(N(CCCl)CCCl)cc1. The minimum Gasteiger partial charge on any atom is -0.481 e. The molecule has 0 aromatic heterocycles. The molecule has 3 saturated carbocycles. The first-order valence-electron chi connectivity index (χ1n) is 15.1. The van der Waals surface area contributed by atoms with Gasteiger partial charge in [-0.05, 0) is 97.3 Å². The smallest absolute Gasteiger partial charge is 0.311 e. The Morgan fingerprint density at radius 2 is 1.68 bits per heavy atom. The molecular formula is C33H43Cl2NO4. The van der Waals surface area contributed by atoms with Gasteiger partial charge in [0.25, 0.3) is 0 Å². The van der Waals surface area contributed by atoms with Crippen LogP contribution in [0.25, 0.3) is 0 Å². The number of halogens is 2. The fraction of sp³-hybridized carbons (Fsp3) is 0.667. The highest BCUT2D eigenvalue weighted by atomic mass is 35.5. The Labute approximate surface area is 248 Å². The van der Waals surface area contributed by atoms with E-state index in [9.17, 15) is 19.5 Å². The van der Waals surface area contributed by atoms with Gasteiger partial charge in [-0.25, -0.2) is 0 Å². The molecule has 7 heteroatoms. The molecule has 0 saturated heterocycles. The quantitative estimate of drug-likeness (QED) is 0.292. The van der Waals surface area contributed by atoms with Crippen molar-refractivity contribution in [2.24, 2.45) is 34.5 Å². The first kappa shape index (κ1) is 29.6. The molecule has 0 amide bonds. The van der Waals surface area contributed by atoms with Gasteiger partial charge in [0.2, 0.25) is 0 Å². The average molecular weight is 589 g/mol. The molecule has 0 spiro atoms. The van der Waals surface area contributed by atoms with E-state index in [2.05, 4.69) is 18.7 Å². The number of allylic oxidation sites excluding steroid dienone is 1. The zero-order valence-electron chi connectivity index (χ0n) is 23.8. The molecular weight excluding hydrogens is 545 g/mol. The van der Waals surface area contributed by atoms with Crippen molar-refractivity contribution in [3.8, 4) is 0 Å². The summed E-state index contributed by atoms with van der Waals surface area (Å²) >= 11 is 11.9. The van der Waals surface area contributed by atoms with E-state index < -0.39 is 11.9 Å². The van der Waals surface area contributed by atoms with Crippen molar-refractivity contribution in [2.75, 3.05) is 29.7 Å². The lowest BCUT2D eigenvalue weighted by molar-refractivity contribution is -0.142. The molecule has 4 aliphatic rings. The average Bonchev–Trinajstić information content (AvgIpc) is 3.29. The molecule has 218 valence electrons. The van der Waals surface area contributed by atoms with Crippen LogP contribution in [0.2, 0.25) is 0 Å². The molecule has 1 aromatic rings. The number of carbonyl (C=O) groups is 3. The summed E-state index contributed by atoms with van der Waals surface area (Å²) in [5, 5.41) is 10.1. The Morgan fingerprint density at radius 1 is 0.975 bits per heavy atom. The number of carboxylic acids is 1. The van der Waals surface area contributed by atoms with Crippen LogP contribution in [-0.4, -0.2) is 47.5 Å². The lowest BCUT2D eigenvalue weighted by Crippen LogP contribution is -2.51. The summed E-state index contributed by atoms with van der Waals surface area (Å²) in [5.74, 6) is 1.11. The molecule has 0 aliphatic heterocycles. The largest absolute Gasteiger partial charge is 0.481 e. The molecule has 0 heterocycles. The van der Waals surface area contributed by atoms with E-state index >= 15 is 0 Å². The van der Waals surface area contributed by atoms with E-state index in [-0.39, 0.29) is 34.7 Å². The number of ketones is 2. The van der Waals surface area contributed by atoms with Gasteiger partial charge in [-0.2, -0.15) is 0 Å². The second-order valence-electron chi connectivity index (χ2n) is 13.2. The summed E-state index contributed by atoms with van der Waals surface area (Å²) in [5.41, 5.74) is 3.02. The van der Waals surface area contributed by atoms with Crippen LogP contribution in [0.1, 0.15) is 83.1 Å². The van der Waals surface area contributed by atoms with Crippen LogP contribution in [0.15, 0.2) is 35.9 Å². The van der Waals surface area contributed by atoms with Crippen LogP contribution in [0.4, 0.5) is 5.69 Å². The first-order valence-corrected chi connectivity index (χ1v) is 16.2. The third kappa shape index (κ3) is 5.26. The van der Waals surface area contributed by atoms with Gasteiger partial charge in [-0.1, -0.05) is 31.6 Å². The molecule has 0 bridgehead atoms. The second-order valence-corrected chi connectivity index (χ2v) is 13.9. The highest BCUT2D eigenvalue weighted by Gasteiger charge is 2.60. The van der Waals surface area contributed by atoms with E-state index in [4.69, 9.17) is 23.2 Å². The standard InChI is InChI=1S/C33H43Cl2NO4/c1-32-13-11-24(37)19-22(32)5-8-25-27-9-10-29(33(27,2)14-12-28(25)32)30(38)20-26(31(39)40)21-3-6-23(7-4-21)36(17-15-34)18-16-35/h3-4,6-7,19,25-29H,5,8-18,20H2,1-2H3,(H,39,40)/t25-,26?,27-,28-,29+,32-,33-/m0/s1. The zero-order chi connectivity index (χ0) is 28.7. The van der Waals surface area contributed by atoms with Crippen molar-refractivity contribution in [2.45, 2.75) is 77.6 Å². The summed E-state index contributed by atoms with van der Waals surface area (Å²) < 4.78 is 0. The minimum absolute atomic E-state index is 0.0372. The number of Topliss-reactive ketones (excluding diaryl/α,β-unsaturated/α-hetero) is 1. The highest BCUT2D eigenvalue weighted by molar-refractivity contribution is 6.18. The van der Waals surface area contributed by atoms with Crippen LogP contribution < -0.4 is 4.90 Å². The Bertz CT molecular complexity index is 1160. The lowest BCUT2D eigenvalue weighted by Gasteiger charge is -2.58. The molecule has 5 rings (SSSR count). The van der Waals surface area contributed by atoms with Gasteiger partial charge >= 0.3 is 5.97 Å². The van der Waals surface area contributed by atoms with Crippen molar-refractivity contribution >= 4 is 46.4 Å². The molecule has 5 nitrogen and oxygen atoms in total. The topological polar surface area (TPSA) is 74.7 Å². The summed E-state index contributed by atoms with van der Waals surface area (Å²) in [7, 11) is 0. The summed E-state index contributed by atoms with van der Waals surface area (Å²) in [6.45, 7) is 6.02. The molecule has 1 N–H and O–H groups in total. The molecule has 0 radical (unpaired) electrons. The zero-order valence-corrected chi connectivity index (χ0v) is 25.4. The van der Waals surface area contributed by atoms with Crippen LogP contribution in [0.5, 0.6) is 0 Å². The van der Waals surface area contributed by atoms with Gasteiger partial charge in [-0.3, -0.25) is 14.4 Å². The number of fused-ring (bicyclic) bond motifs is 5.